The molecule has 98 valence electrons. The van der Waals surface area contributed by atoms with Crippen LogP contribution in [0.3, 0.4) is 0 Å². The maximum atomic E-state index is 13.5. The van der Waals surface area contributed by atoms with E-state index in [1.165, 1.54) is 18.2 Å². The number of aromatic carboxylic acids is 1. The molecule has 0 aromatic heterocycles. The predicted octanol–water partition coefficient (Wildman–Crippen LogP) is 3.44. The summed E-state index contributed by atoms with van der Waals surface area (Å²) in [5.74, 6) is -1.25. The number of hydrogen-bond acceptors (Lipinski definition) is 2. The van der Waals surface area contributed by atoms with Gasteiger partial charge in [-0.05, 0) is 42.3 Å². The highest BCUT2D eigenvalue weighted by Crippen LogP contribution is 2.16. The third-order valence-corrected chi connectivity index (χ3v) is 2.81. The monoisotopic (exact) mass is 259 g/mol. The lowest BCUT2D eigenvalue weighted by atomic mass is 10.1. The molecular formula is C15H14FNO2. The van der Waals surface area contributed by atoms with Gasteiger partial charge in [0.15, 0.2) is 0 Å². The van der Waals surface area contributed by atoms with Crippen LogP contribution in [0, 0.1) is 12.7 Å². The fraction of sp³-hybridized carbons (Fsp3) is 0.133. The van der Waals surface area contributed by atoms with E-state index in [0.717, 1.165) is 11.1 Å². The molecule has 2 aromatic carbocycles. The highest BCUT2D eigenvalue weighted by molar-refractivity contribution is 5.87. The molecule has 2 N–H and O–H groups in total. The van der Waals surface area contributed by atoms with Crippen molar-refractivity contribution in [3.63, 3.8) is 0 Å². The molecule has 0 aliphatic carbocycles. The molecule has 0 aliphatic rings. The van der Waals surface area contributed by atoms with Crippen molar-refractivity contribution in [1.29, 1.82) is 0 Å². The van der Waals surface area contributed by atoms with Gasteiger partial charge in [0.2, 0.25) is 0 Å². The average molecular weight is 259 g/mol. The minimum Gasteiger partial charge on any atom is -0.478 e. The Balaban J connectivity index is 2.06. The van der Waals surface area contributed by atoms with Crippen LogP contribution in [-0.2, 0) is 6.54 Å². The van der Waals surface area contributed by atoms with Gasteiger partial charge in [-0.2, -0.15) is 0 Å². The number of carboxylic acid groups (broad SMARTS) is 1. The quantitative estimate of drug-likeness (QED) is 0.884. The van der Waals surface area contributed by atoms with Gasteiger partial charge in [0.25, 0.3) is 0 Å². The van der Waals surface area contributed by atoms with E-state index < -0.39 is 5.97 Å². The minimum absolute atomic E-state index is 0.241. The Morgan fingerprint density at radius 1 is 1.21 bits per heavy atom. The fourth-order valence-electron chi connectivity index (χ4n) is 1.74. The van der Waals surface area contributed by atoms with Crippen LogP contribution in [0.25, 0.3) is 0 Å². The van der Waals surface area contributed by atoms with Crippen molar-refractivity contribution >= 4 is 11.7 Å². The fourth-order valence-corrected chi connectivity index (χ4v) is 1.74. The van der Waals surface area contributed by atoms with E-state index >= 15 is 0 Å². The molecule has 0 fully saturated rings. The summed E-state index contributed by atoms with van der Waals surface area (Å²) in [7, 11) is 0. The molecule has 4 heteroatoms. The number of aryl methyl sites for hydroxylation is 1. The van der Waals surface area contributed by atoms with Crippen LogP contribution in [0.5, 0.6) is 0 Å². The molecular weight excluding hydrogens is 245 g/mol. The molecule has 0 saturated carbocycles. The summed E-state index contributed by atoms with van der Waals surface area (Å²) in [6.07, 6.45) is 0. The van der Waals surface area contributed by atoms with E-state index in [1.807, 2.05) is 6.92 Å². The van der Waals surface area contributed by atoms with Gasteiger partial charge in [0, 0.05) is 6.54 Å². The number of rotatable bonds is 4. The smallest absolute Gasteiger partial charge is 0.335 e. The third kappa shape index (κ3) is 3.31. The highest BCUT2D eigenvalue weighted by Gasteiger charge is 2.04. The Hall–Kier alpha value is -2.36. The SMILES string of the molecule is Cc1ccc(F)c(NCc2ccc(C(=O)O)cc2)c1. The van der Waals surface area contributed by atoms with E-state index in [-0.39, 0.29) is 11.4 Å². The second-order valence-corrected chi connectivity index (χ2v) is 4.34. The number of halogens is 1. The molecule has 0 heterocycles. The maximum Gasteiger partial charge on any atom is 0.335 e. The van der Waals surface area contributed by atoms with Gasteiger partial charge in [0.05, 0.1) is 11.3 Å². The first kappa shape index (κ1) is 13.1. The Kier molecular flexibility index (Phi) is 3.80. The Morgan fingerprint density at radius 3 is 2.53 bits per heavy atom. The van der Waals surface area contributed by atoms with Crippen LogP contribution < -0.4 is 5.32 Å². The third-order valence-electron chi connectivity index (χ3n) is 2.81. The second-order valence-electron chi connectivity index (χ2n) is 4.34. The average Bonchev–Trinajstić information content (AvgIpc) is 2.40. The van der Waals surface area contributed by atoms with Gasteiger partial charge in [-0.3, -0.25) is 0 Å². The summed E-state index contributed by atoms with van der Waals surface area (Å²) in [4.78, 5) is 10.7. The first-order valence-electron chi connectivity index (χ1n) is 5.88. The zero-order valence-corrected chi connectivity index (χ0v) is 10.5. The molecule has 0 unspecified atom stereocenters. The summed E-state index contributed by atoms with van der Waals surface area (Å²) in [5, 5.41) is 11.8. The molecule has 3 nitrogen and oxygen atoms in total. The highest BCUT2D eigenvalue weighted by atomic mass is 19.1. The first-order valence-corrected chi connectivity index (χ1v) is 5.88. The first-order chi connectivity index (χ1) is 9.06. The lowest BCUT2D eigenvalue weighted by Crippen LogP contribution is -2.02. The predicted molar refractivity (Wildman–Crippen MR) is 71.9 cm³/mol. The van der Waals surface area contributed by atoms with Gasteiger partial charge in [-0.1, -0.05) is 18.2 Å². The van der Waals surface area contributed by atoms with Crippen molar-refractivity contribution in [3.8, 4) is 0 Å². The molecule has 0 bridgehead atoms. The summed E-state index contributed by atoms with van der Waals surface area (Å²) < 4.78 is 13.5. The standard InChI is InChI=1S/C15H14FNO2/c1-10-2-7-13(16)14(8-10)17-9-11-3-5-12(6-4-11)15(18)19/h2-8,17H,9H2,1H3,(H,18,19). The van der Waals surface area contributed by atoms with E-state index in [9.17, 15) is 9.18 Å². The number of anilines is 1. The van der Waals surface area contributed by atoms with Gasteiger partial charge in [-0.25, -0.2) is 9.18 Å². The molecule has 2 rings (SSSR count). The number of benzene rings is 2. The van der Waals surface area contributed by atoms with Crippen LogP contribution in [0.2, 0.25) is 0 Å². The Bertz CT molecular complexity index is 594. The van der Waals surface area contributed by atoms with Gasteiger partial charge in [-0.15, -0.1) is 0 Å². The molecule has 0 atom stereocenters. The van der Waals surface area contributed by atoms with Crippen LogP contribution in [0.1, 0.15) is 21.5 Å². The summed E-state index contributed by atoms with van der Waals surface area (Å²) in [6, 6.07) is 11.4. The Labute approximate surface area is 110 Å². The van der Waals surface area contributed by atoms with Crippen molar-refractivity contribution < 1.29 is 14.3 Å². The number of carboxylic acids is 1. The van der Waals surface area contributed by atoms with E-state index in [0.29, 0.717) is 12.2 Å². The van der Waals surface area contributed by atoms with E-state index in [4.69, 9.17) is 5.11 Å². The van der Waals surface area contributed by atoms with Crippen molar-refractivity contribution in [2.45, 2.75) is 13.5 Å². The van der Waals surface area contributed by atoms with Crippen LogP contribution >= 0.6 is 0 Å². The molecule has 0 saturated heterocycles. The number of hydrogen-bond donors (Lipinski definition) is 2. The molecule has 0 aliphatic heterocycles. The zero-order chi connectivity index (χ0) is 13.8. The molecule has 0 radical (unpaired) electrons. The van der Waals surface area contributed by atoms with Crippen LogP contribution in [0.15, 0.2) is 42.5 Å². The summed E-state index contributed by atoms with van der Waals surface area (Å²) >= 11 is 0. The van der Waals surface area contributed by atoms with Crippen molar-refractivity contribution in [3.05, 3.63) is 65.0 Å². The van der Waals surface area contributed by atoms with Crippen molar-refractivity contribution in [1.82, 2.24) is 0 Å². The summed E-state index contributed by atoms with van der Waals surface area (Å²) in [5.41, 5.74) is 2.56. The number of carbonyl (C=O) groups is 1. The number of nitrogens with one attached hydrogen (secondary N) is 1. The van der Waals surface area contributed by atoms with E-state index in [1.54, 1.807) is 24.3 Å². The van der Waals surface area contributed by atoms with Gasteiger partial charge in [0.1, 0.15) is 5.82 Å². The second kappa shape index (κ2) is 5.52. The molecule has 19 heavy (non-hydrogen) atoms. The normalized spacial score (nSPS) is 10.2. The molecule has 0 spiro atoms. The van der Waals surface area contributed by atoms with Crippen molar-refractivity contribution in [2.75, 3.05) is 5.32 Å². The topological polar surface area (TPSA) is 49.3 Å². The summed E-state index contributed by atoms with van der Waals surface area (Å²) in [6.45, 7) is 2.34. The minimum atomic E-state index is -0.954. The van der Waals surface area contributed by atoms with Gasteiger partial charge >= 0.3 is 5.97 Å². The van der Waals surface area contributed by atoms with Gasteiger partial charge < -0.3 is 10.4 Å². The van der Waals surface area contributed by atoms with Crippen LogP contribution in [0.4, 0.5) is 10.1 Å². The molecule has 2 aromatic rings. The van der Waals surface area contributed by atoms with E-state index in [2.05, 4.69) is 5.32 Å². The largest absolute Gasteiger partial charge is 0.478 e. The van der Waals surface area contributed by atoms with Crippen molar-refractivity contribution in [2.24, 2.45) is 0 Å². The lowest BCUT2D eigenvalue weighted by Gasteiger charge is -2.08. The molecule has 0 amide bonds. The lowest BCUT2D eigenvalue weighted by molar-refractivity contribution is 0.0697. The Morgan fingerprint density at radius 2 is 1.89 bits per heavy atom. The van der Waals surface area contributed by atoms with Crippen LogP contribution in [-0.4, -0.2) is 11.1 Å². The maximum absolute atomic E-state index is 13.5. The zero-order valence-electron chi connectivity index (χ0n) is 10.5.